The van der Waals surface area contributed by atoms with Crippen molar-refractivity contribution in [3.05, 3.63) is 66.2 Å². The Labute approximate surface area is 145 Å². The number of benzene rings is 2. The van der Waals surface area contributed by atoms with E-state index >= 15 is 0 Å². The molecular weight excluding hydrogens is 346 g/mol. The highest BCUT2D eigenvalue weighted by atomic mass is 32.2. The molecule has 0 aliphatic carbocycles. The molecule has 1 atom stereocenters. The lowest BCUT2D eigenvalue weighted by Crippen LogP contribution is -2.14. The van der Waals surface area contributed by atoms with Gasteiger partial charge in [-0.3, -0.25) is 0 Å². The Bertz CT molecular complexity index is 803. The molecule has 0 heterocycles. The third-order valence-corrected chi connectivity index (χ3v) is 4.86. The van der Waals surface area contributed by atoms with Gasteiger partial charge < -0.3 is 9.02 Å². The zero-order valence-corrected chi connectivity index (χ0v) is 14.7. The van der Waals surface area contributed by atoms with Crippen molar-refractivity contribution in [3.8, 4) is 0 Å². The number of methoxy groups -OCH3 is 1. The first-order chi connectivity index (χ1) is 11.5. The van der Waals surface area contributed by atoms with Gasteiger partial charge >= 0.3 is 5.97 Å². The second-order valence-electron chi connectivity index (χ2n) is 4.75. The smallest absolute Gasteiger partial charge is 0.367 e. The highest BCUT2D eigenvalue weighted by Crippen LogP contribution is 2.20. The van der Waals surface area contributed by atoms with Crippen LogP contribution in [-0.4, -0.2) is 28.2 Å². The van der Waals surface area contributed by atoms with Gasteiger partial charge in [0.15, 0.2) is 0 Å². The van der Waals surface area contributed by atoms with Crippen molar-refractivity contribution < 1.29 is 18.0 Å². The van der Waals surface area contributed by atoms with E-state index in [1.807, 2.05) is 60.7 Å². The maximum atomic E-state index is 12.4. The van der Waals surface area contributed by atoms with Crippen molar-refractivity contribution in [2.24, 2.45) is 5.16 Å². The van der Waals surface area contributed by atoms with Gasteiger partial charge in [-0.15, -0.1) is 0 Å². The topological polar surface area (TPSA) is 65.0 Å². The van der Waals surface area contributed by atoms with E-state index < -0.39 is 15.8 Å². The van der Waals surface area contributed by atoms with Crippen LogP contribution in [0.25, 0.3) is 0 Å². The predicted octanol–water partition coefficient (Wildman–Crippen LogP) is 3.11. The Balaban J connectivity index is 2.13. The molecule has 0 amide bonds. The molecule has 126 valence electrons. The Morgan fingerprint density at radius 2 is 1.71 bits per heavy atom. The number of oxime groups is 1. The van der Waals surface area contributed by atoms with Crippen LogP contribution in [0.15, 0.2) is 70.7 Å². The minimum Gasteiger partial charge on any atom is -0.464 e. The van der Waals surface area contributed by atoms with Crippen molar-refractivity contribution in [1.82, 2.24) is 0 Å². The zero-order chi connectivity index (χ0) is 17.4. The molecule has 0 aromatic heterocycles. The minimum absolute atomic E-state index is 0.0480. The van der Waals surface area contributed by atoms with Crippen molar-refractivity contribution in [2.45, 2.75) is 10.6 Å². The molecule has 2 aromatic carbocycles. The summed E-state index contributed by atoms with van der Waals surface area (Å²) < 4.78 is 22.2. The van der Waals surface area contributed by atoms with Gasteiger partial charge in [0.1, 0.15) is 9.80 Å². The Morgan fingerprint density at radius 3 is 2.29 bits per heavy atom. The van der Waals surface area contributed by atoms with E-state index in [9.17, 15) is 9.00 Å². The number of carbonyl (C=O) groups excluding carboxylic acids is 1. The summed E-state index contributed by atoms with van der Waals surface area (Å²) in [6, 6.07) is 18.3. The second-order valence-corrected chi connectivity index (χ2v) is 7.74. The number of esters is 1. The monoisotopic (exact) mass is 363 g/mol. The lowest BCUT2D eigenvalue weighted by molar-refractivity contribution is -0.132. The summed E-state index contributed by atoms with van der Waals surface area (Å²) in [5.41, 5.74) is 0.808. The summed E-state index contributed by atoms with van der Waals surface area (Å²) in [6.07, 6.45) is 0. The van der Waals surface area contributed by atoms with Crippen molar-refractivity contribution >= 4 is 38.4 Å². The van der Waals surface area contributed by atoms with Gasteiger partial charge in [0.2, 0.25) is 5.04 Å². The van der Waals surface area contributed by atoms with Gasteiger partial charge in [0.05, 0.1) is 12.9 Å². The fourth-order valence-corrected chi connectivity index (χ4v) is 3.51. The molecule has 0 bridgehead atoms. The first-order valence-corrected chi connectivity index (χ1v) is 9.60. The summed E-state index contributed by atoms with van der Waals surface area (Å²) in [6.45, 7) is 0. The predicted molar refractivity (Wildman–Crippen MR) is 98.2 cm³/mol. The van der Waals surface area contributed by atoms with E-state index in [4.69, 9.17) is 4.28 Å². The van der Waals surface area contributed by atoms with E-state index in [-0.39, 0.29) is 10.8 Å². The molecule has 0 saturated heterocycles. The van der Waals surface area contributed by atoms with Crippen LogP contribution in [0.4, 0.5) is 0 Å². The van der Waals surface area contributed by atoms with Crippen LogP contribution in [0.5, 0.6) is 0 Å². The van der Waals surface area contributed by atoms with E-state index in [1.165, 1.54) is 7.11 Å². The highest BCUT2D eigenvalue weighted by molar-refractivity contribution is 8.15. The van der Waals surface area contributed by atoms with Crippen LogP contribution >= 0.6 is 11.8 Å². The molecule has 0 aliphatic rings. The van der Waals surface area contributed by atoms with Crippen molar-refractivity contribution in [3.63, 3.8) is 0 Å². The summed E-state index contributed by atoms with van der Waals surface area (Å²) in [5.74, 6) is 3.00. The number of nitrogens with zero attached hydrogens (tertiary/aromatic N) is 1. The molecular formula is C17H17NO4S2. The minimum atomic E-state index is -2.97. The molecule has 2 aromatic rings. The molecule has 0 N–H and O–H groups in total. The summed E-state index contributed by atoms with van der Waals surface area (Å²) >= 11 is 1.07. The molecule has 24 heavy (non-hydrogen) atoms. The SMILES string of the molecule is C=S(=O)(Cc1ccccc1)O/N=C(\Sc1ccccc1)C(=O)OC. The van der Waals surface area contributed by atoms with E-state index in [2.05, 4.69) is 15.8 Å². The van der Waals surface area contributed by atoms with E-state index in [0.29, 0.717) is 0 Å². The maximum absolute atomic E-state index is 12.4. The Kier molecular flexibility index (Phi) is 6.45. The summed E-state index contributed by atoms with van der Waals surface area (Å²) in [5, 5.41) is 3.68. The third kappa shape index (κ3) is 5.75. The average molecular weight is 363 g/mol. The fourth-order valence-electron chi connectivity index (χ4n) is 1.74. The maximum Gasteiger partial charge on any atom is 0.367 e. The molecule has 0 aliphatic heterocycles. The largest absolute Gasteiger partial charge is 0.464 e. The molecule has 0 radical (unpaired) electrons. The van der Waals surface area contributed by atoms with Crippen molar-refractivity contribution in [2.75, 3.05) is 7.11 Å². The van der Waals surface area contributed by atoms with Gasteiger partial charge in [-0.05, 0) is 23.6 Å². The molecule has 1 unspecified atom stereocenters. The molecule has 7 heteroatoms. The number of hydrogen-bond donors (Lipinski definition) is 0. The lowest BCUT2D eigenvalue weighted by atomic mass is 10.2. The van der Waals surface area contributed by atoms with Gasteiger partial charge in [-0.25, -0.2) is 9.00 Å². The van der Waals surface area contributed by atoms with Crippen LogP contribution in [-0.2, 0) is 29.4 Å². The molecule has 0 fully saturated rings. The molecule has 0 spiro atoms. The molecule has 0 saturated carbocycles. The lowest BCUT2D eigenvalue weighted by Gasteiger charge is -2.08. The molecule has 5 nitrogen and oxygen atoms in total. The van der Waals surface area contributed by atoms with Crippen LogP contribution in [0.3, 0.4) is 0 Å². The van der Waals surface area contributed by atoms with Crippen LogP contribution < -0.4 is 0 Å². The number of carbonyl (C=O) groups is 1. The van der Waals surface area contributed by atoms with Gasteiger partial charge in [0.25, 0.3) is 0 Å². The first-order valence-electron chi connectivity index (χ1n) is 6.97. The Morgan fingerprint density at radius 1 is 1.12 bits per heavy atom. The summed E-state index contributed by atoms with van der Waals surface area (Å²) in [4.78, 5) is 12.6. The van der Waals surface area contributed by atoms with Gasteiger partial charge in [0, 0.05) is 4.90 Å². The Hall–Kier alpha value is -2.25. The van der Waals surface area contributed by atoms with Crippen LogP contribution in [0.1, 0.15) is 5.56 Å². The van der Waals surface area contributed by atoms with Crippen LogP contribution in [0, 0.1) is 0 Å². The van der Waals surface area contributed by atoms with Gasteiger partial charge in [-0.2, -0.15) is 0 Å². The second kappa shape index (κ2) is 8.56. The first kappa shape index (κ1) is 18.1. The normalized spacial score (nSPS) is 13.8. The number of hydrogen-bond acceptors (Lipinski definition) is 6. The zero-order valence-electron chi connectivity index (χ0n) is 13.1. The highest BCUT2D eigenvalue weighted by Gasteiger charge is 2.16. The average Bonchev–Trinajstić information content (AvgIpc) is 2.59. The quantitative estimate of drug-likeness (QED) is 0.204. The number of thioether (sulfide) groups is 1. The molecule has 2 rings (SSSR count). The fraction of sp³-hybridized carbons (Fsp3) is 0.118. The third-order valence-electron chi connectivity index (χ3n) is 2.80. The van der Waals surface area contributed by atoms with E-state index in [1.54, 1.807) is 0 Å². The van der Waals surface area contributed by atoms with E-state index in [0.717, 1.165) is 22.2 Å². The van der Waals surface area contributed by atoms with Crippen LogP contribution in [0.2, 0.25) is 0 Å². The number of rotatable bonds is 5. The standard InChI is InChI=1S/C17H17NO4S2/c1-21-17(19)16(23-15-11-7-4-8-12-15)18-22-24(2,20)13-14-9-5-3-6-10-14/h3-12H,2,13H2,1H3/b18-16-. The number of ether oxygens (including phenoxy) is 1. The van der Waals surface area contributed by atoms with Gasteiger partial charge in [-0.1, -0.05) is 65.4 Å². The van der Waals surface area contributed by atoms with Crippen molar-refractivity contribution in [1.29, 1.82) is 0 Å². The summed E-state index contributed by atoms with van der Waals surface area (Å²) in [7, 11) is -1.73.